The molecule has 3 heteroatoms. The Morgan fingerprint density at radius 2 is 1.94 bits per heavy atom. The summed E-state index contributed by atoms with van der Waals surface area (Å²) in [5.74, 6) is 0. The van der Waals surface area contributed by atoms with Crippen molar-refractivity contribution in [3.63, 3.8) is 0 Å². The molecule has 1 aromatic carbocycles. The van der Waals surface area contributed by atoms with E-state index in [1.54, 1.807) is 6.08 Å². The quantitative estimate of drug-likeness (QED) is 0.793. The summed E-state index contributed by atoms with van der Waals surface area (Å²) >= 11 is 0. The molecule has 80 valence electrons. The molecule has 1 heterocycles. The van der Waals surface area contributed by atoms with E-state index in [0.29, 0.717) is 12.1 Å². The maximum Gasteiger partial charge on any atom is 0.0950 e. The van der Waals surface area contributed by atoms with E-state index in [0.717, 1.165) is 17.0 Å². The van der Waals surface area contributed by atoms with E-state index in [-0.39, 0.29) is 0 Å². The van der Waals surface area contributed by atoms with Gasteiger partial charge in [-0.25, -0.2) is 0 Å². The van der Waals surface area contributed by atoms with Crippen LogP contribution in [0.25, 0.3) is 11.3 Å². The molecule has 2 aromatic rings. The summed E-state index contributed by atoms with van der Waals surface area (Å²) in [6.45, 7) is 3.65. The zero-order valence-corrected chi connectivity index (χ0v) is 8.93. The Balaban J connectivity index is 2.38. The Hall–Kier alpha value is -2.16. The standard InChI is InChI=1S/C13H13N3/c1-2-6-12-11(14)9-13(16-15-12)10-7-4-3-5-8-10/h2-5,7-9H,1,6H2,(H2,14,16). The van der Waals surface area contributed by atoms with Gasteiger partial charge in [-0.2, -0.15) is 10.2 Å². The molecule has 0 spiro atoms. The van der Waals surface area contributed by atoms with E-state index >= 15 is 0 Å². The van der Waals surface area contributed by atoms with Crippen molar-refractivity contribution in [3.8, 4) is 11.3 Å². The van der Waals surface area contributed by atoms with Crippen LogP contribution < -0.4 is 5.73 Å². The minimum atomic E-state index is 0.647. The fourth-order valence-corrected chi connectivity index (χ4v) is 1.48. The minimum Gasteiger partial charge on any atom is -0.397 e. The molecule has 0 radical (unpaired) electrons. The molecular weight excluding hydrogens is 198 g/mol. The number of aromatic nitrogens is 2. The third kappa shape index (κ3) is 2.08. The predicted octanol–water partition coefficient (Wildman–Crippen LogP) is 2.45. The van der Waals surface area contributed by atoms with Crippen LogP contribution in [0.15, 0.2) is 49.1 Å². The first kappa shape index (κ1) is 10.4. The second-order valence-electron chi connectivity index (χ2n) is 3.49. The smallest absolute Gasteiger partial charge is 0.0950 e. The van der Waals surface area contributed by atoms with Crippen molar-refractivity contribution < 1.29 is 0 Å². The Bertz CT molecular complexity index is 492. The number of allylic oxidation sites excluding steroid dienone is 1. The summed E-state index contributed by atoms with van der Waals surface area (Å²) in [5, 5.41) is 8.25. The largest absolute Gasteiger partial charge is 0.397 e. The van der Waals surface area contributed by atoms with Crippen LogP contribution in [0.3, 0.4) is 0 Å². The van der Waals surface area contributed by atoms with Gasteiger partial charge in [0.15, 0.2) is 0 Å². The molecule has 0 aliphatic heterocycles. The van der Waals surface area contributed by atoms with Gasteiger partial charge in [-0.15, -0.1) is 6.58 Å². The molecule has 2 N–H and O–H groups in total. The molecule has 0 aliphatic carbocycles. The maximum atomic E-state index is 5.89. The Kier molecular flexibility index (Phi) is 2.96. The molecule has 16 heavy (non-hydrogen) atoms. The lowest BCUT2D eigenvalue weighted by Crippen LogP contribution is -2.00. The van der Waals surface area contributed by atoms with Crippen LogP contribution in [0.1, 0.15) is 5.69 Å². The van der Waals surface area contributed by atoms with Crippen molar-refractivity contribution in [2.24, 2.45) is 0 Å². The van der Waals surface area contributed by atoms with E-state index in [4.69, 9.17) is 5.73 Å². The third-order valence-corrected chi connectivity index (χ3v) is 2.31. The topological polar surface area (TPSA) is 51.8 Å². The molecule has 0 atom stereocenters. The average molecular weight is 211 g/mol. The summed E-state index contributed by atoms with van der Waals surface area (Å²) in [6, 6.07) is 11.7. The van der Waals surface area contributed by atoms with Gasteiger partial charge in [0.1, 0.15) is 0 Å². The second kappa shape index (κ2) is 4.57. The Labute approximate surface area is 94.6 Å². The van der Waals surface area contributed by atoms with E-state index in [9.17, 15) is 0 Å². The SMILES string of the molecule is C=CCc1nnc(-c2ccccc2)cc1N. The van der Waals surface area contributed by atoms with E-state index in [1.165, 1.54) is 0 Å². The lowest BCUT2D eigenvalue weighted by atomic mass is 10.1. The first-order valence-electron chi connectivity index (χ1n) is 5.09. The van der Waals surface area contributed by atoms with Gasteiger partial charge in [0, 0.05) is 12.0 Å². The monoisotopic (exact) mass is 211 g/mol. The highest BCUT2D eigenvalue weighted by Gasteiger charge is 2.04. The van der Waals surface area contributed by atoms with Gasteiger partial charge in [0.25, 0.3) is 0 Å². The van der Waals surface area contributed by atoms with Gasteiger partial charge < -0.3 is 5.73 Å². The number of hydrogen-bond donors (Lipinski definition) is 1. The number of nitrogen functional groups attached to an aromatic ring is 1. The van der Waals surface area contributed by atoms with Crippen LogP contribution in [0.5, 0.6) is 0 Å². The fraction of sp³-hybridized carbons (Fsp3) is 0.0769. The molecule has 0 saturated heterocycles. The molecule has 0 saturated carbocycles. The van der Waals surface area contributed by atoms with Crippen LogP contribution in [0.4, 0.5) is 5.69 Å². The Morgan fingerprint density at radius 3 is 2.56 bits per heavy atom. The number of nitrogens with two attached hydrogens (primary N) is 1. The highest BCUT2D eigenvalue weighted by Crippen LogP contribution is 2.19. The normalized spacial score (nSPS) is 10.0. The van der Waals surface area contributed by atoms with Crippen LogP contribution in [-0.4, -0.2) is 10.2 Å². The summed E-state index contributed by atoms with van der Waals surface area (Å²) in [5.41, 5.74) is 9.15. The molecule has 1 aromatic heterocycles. The van der Waals surface area contributed by atoms with E-state index in [2.05, 4.69) is 16.8 Å². The summed E-state index contributed by atoms with van der Waals surface area (Å²) in [4.78, 5) is 0. The van der Waals surface area contributed by atoms with Crippen molar-refractivity contribution in [3.05, 3.63) is 54.7 Å². The zero-order valence-electron chi connectivity index (χ0n) is 8.93. The predicted molar refractivity (Wildman–Crippen MR) is 65.8 cm³/mol. The molecular formula is C13H13N3. The van der Waals surface area contributed by atoms with Gasteiger partial charge in [-0.1, -0.05) is 36.4 Å². The third-order valence-electron chi connectivity index (χ3n) is 2.31. The molecule has 0 bridgehead atoms. The van der Waals surface area contributed by atoms with Crippen molar-refractivity contribution in [2.75, 3.05) is 5.73 Å². The van der Waals surface area contributed by atoms with Crippen molar-refractivity contribution in [1.82, 2.24) is 10.2 Å². The first-order valence-corrected chi connectivity index (χ1v) is 5.09. The summed E-state index contributed by atoms with van der Waals surface area (Å²) in [6.07, 6.45) is 2.41. The molecule has 3 nitrogen and oxygen atoms in total. The van der Waals surface area contributed by atoms with Gasteiger partial charge in [-0.05, 0) is 6.07 Å². The van der Waals surface area contributed by atoms with Crippen LogP contribution in [0, 0.1) is 0 Å². The summed E-state index contributed by atoms with van der Waals surface area (Å²) < 4.78 is 0. The molecule has 0 amide bonds. The number of benzene rings is 1. The number of anilines is 1. The molecule has 0 fully saturated rings. The molecule has 0 aliphatic rings. The minimum absolute atomic E-state index is 0.647. The Morgan fingerprint density at radius 1 is 1.19 bits per heavy atom. The van der Waals surface area contributed by atoms with Crippen molar-refractivity contribution in [2.45, 2.75) is 6.42 Å². The van der Waals surface area contributed by atoms with Crippen LogP contribution >= 0.6 is 0 Å². The highest BCUT2D eigenvalue weighted by molar-refractivity contribution is 5.63. The van der Waals surface area contributed by atoms with Crippen LogP contribution in [0.2, 0.25) is 0 Å². The van der Waals surface area contributed by atoms with E-state index < -0.39 is 0 Å². The van der Waals surface area contributed by atoms with Crippen molar-refractivity contribution >= 4 is 5.69 Å². The second-order valence-corrected chi connectivity index (χ2v) is 3.49. The first-order chi connectivity index (χ1) is 7.81. The van der Waals surface area contributed by atoms with Gasteiger partial charge >= 0.3 is 0 Å². The van der Waals surface area contributed by atoms with Gasteiger partial charge in [-0.3, -0.25) is 0 Å². The lowest BCUT2D eigenvalue weighted by molar-refractivity contribution is 0.960. The summed E-state index contributed by atoms with van der Waals surface area (Å²) in [7, 11) is 0. The van der Waals surface area contributed by atoms with Gasteiger partial charge in [0.2, 0.25) is 0 Å². The molecule has 0 unspecified atom stereocenters. The molecule has 2 rings (SSSR count). The lowest BCUT2D eigenvalue weighted by Gasteiger charge is -2.04. The number of nitrogens with zero attached hydrogens (tertiary/aromatic N) is 2. The average Bonchev–Trinajstić information content (AvgIpc) is 2.33. The van der Waals surface area contributed by atoms with Crippen molar-refractivity contribution in [1.29, 1.82) is 0 Å². The highest BCUT2D eigenvalue weighted by atomic mass is 15.1. The van der Waals surface area contributed by atoms with Crippen LogP contribution in [-0.2, 0) is 6.42 Å². The van der Waals surface area contributed by atoms with E-state index in [1.807, 2.05) is 36.4 Å². The fourth-order valence-electron chi connectivity index (χ4n) is 1.48. The zero-order chi connectivity index (χ0) is 11.4. The van der Waals surface area contributed by atoms with Gasteiger partial charge in [0.05, 0.1) is 17.1 Å². The maximum absolute atomic E-state index is 5.89. The number of rotatable bonds is 3. The number of hydrogen-bond acceptors (Lipinski definition) is 3.